The molecule has 84 valence electrons. The summed E-state index contributed by atoms with van der Waals surface area (Å²) in [7, 11) is -1.73. The van der Waals surface area contributed by atoms with Crippen LogP contribution in [-0.2, 0) is 0 Å². The van der Waals surface area contributed by atoms with E-state index in [1.165, 1.54) is 0 Å². The second-order valence-corrected chi connectivity index (χ2v) is 10.5. The SMILES string of the molecule is CC(C)(C)[Si](C)(C)Oc1cccc(Cl)c1. The van der Waals surface area contributed by atoms with Gasteiger partial charge in [0.1, 0.15) is 5.75 Å². The molecule has 0 fully saturated rings. The molecule has 1 rings (SSSR count). The molecule has 0 radical (unpaired) electrons. The molecule has 0 aromatic heterocycles. The van der Waals surface area contributed by atoms with E-state index < -0.39 is 8.32 Å². The number of rotatable bonds is 2. The third-order valence-electron chi connectivity index (χ3n) is 2.98. The van der Waals surface area contributed by atoms with Crippen LogP contribution in [0.4, 0.5) is 0 Å². The van der Waals surface area contributed by atoms with Gasteiger partial charge in [-0.2, -0.15) is 0 Å². The van der Waals surface area contributed by atoms with E-state index in [1.54, 1.807) is 0 Å². The molecule has 0 saturated heterocycles. The Balaban J connectivity index is 2.87. The van der Waals surface area contributed by atoms with Crippen LogP contribution in [0.3, 0.4) is 0 Å². The molecule has 1 aromatic carbocycles. The van der Waals surface area contributed by atoms with Crippen LogP contribution in [0.1, 0.15) is 20.8 Å². The first-order chi connectivity index (χ1) is 6.72. The summed E-state index contributed by atoms with van der Waals surface area (Å²) in [5.74, 6) is 0.883. The molecule has 0 N–H and O–H groups in total. The van der Waals surface area contributed by atoms with E-state index in [9.17, 15) is 0 Å². The van der Waals surface area contributed by atoms with Gasteiger partial charge in [0.25, 0.3) is 0 Å². The van der Waals surface area contributed by atoms with Crippen molar-refractivity contribution in [2.45, 2.75) is 38.9 Å². The fourth-order valence-corrected chi connectivity index (χ4v) is 2.18. The fourth-order valence-electron chi connectivity index (χ4n) is 0.978. The minimum absolute atomic E-state index is 0.218. The Bertz CT molecular complexity index is 342. The highest BCUT2D eigenvalue weighted by Crippen LogP contribution is 2.37. The highest BCUT2D eigenvalue weighted by atomic mass is 35.5. The Hall–Kier alpha value is -0.473. The minimum atomic E-state index is -1.73. The highest BCUT2D eigenvalue weighted by molar-refractivity contribution is 6.74. The molecular weight excluding hydrogens is 224 g/mol. The van der Waals surface area contributed by atoms with Crippen LogP contribution in [0.25, 0.3) is 0 Å². The van der Waals surface area contributed by atoms with Crippen LogP contribution in [-0.4, -0.2) is 8.32 Å². The van der Waals surface area contributed by atoms with Gasteiger partial charge >= 0.3 is 0 Å². The van der Waals surface area contributed by atoms with Gasteiger partial charge in [-0.1, -0.05) is 38.4 Å². The Morgan fingerprint density at radius 3 is 2.27 bits per heavy atom. The largest absolute Gasteiger partial charge is 0.543 e. The lowest BCUT2D eigenvalue weighted by Gasteiger charge is -2.36. The molecule has 0 atom stereocenters. The lowest BCUT2D eigenvalue weighted by atomic mass is 10.2. The van der Waals surface area contributed by atoms with E-state index in [2.05, 4.69) is 33.9 Å². The average molecular weight is 243 g/mol. The molecule has 0 aliphatic carbocycles. The van der Waals surface area contributed by atoms with Crippen molar-refractivity contribution in [1.82, 2.24) is 0 Å². The monoisotopic (exact) mass is 242 g/mol. The van der Waals surface area contributed by atoms with Gasteiger partial charge < -0.3 is 4.43 Å². The second kappa shape index (κ2) is 4.18. The minimum Gasteiger partial charge on any atom is -0.543 e. The van der Waals surface area contributed by atoms with Crippen molar-refractivity contribution in [2.75, 3.05) is 0 Å². The zero-order valence-corrected chi connectivity index (χ0v) is 11.9. The van der Waals surface area contributed by atoms with Gasteiger partial charge in [0.2, 0.25) is 8.32 Å². The first-order valence-electron chi connectivity index (χ1n) is 5.17. The lowest BCUT2D eigenvalue weighted by molar-refractivity contribution is 0.492. The summed E-state index contributed by atoms with van der Waals surface area (Å²) in [4.78, 5) is 0. The Kier molecular flexibility index (Phi) is 3.51. The van der Waals surface area contributed by atoms with Crippen LogP contribution < -0.4 is 4.43 Å². The van der Waals surface area contributed by atoms with Crippen molar-refractivity contribution in [1.29, 1.82) is 0 Å². The molecule has 0 aliphatic heterocycles. The van der Waals surface area contributed by atoms with Crippen molar-refractivity contribution in [3.8, 4) is 5.75 Å². The van der Waals surface area contributed by atoms with E-state index in [0.29, 0.717) is 0 Å². The van der Waals surface area contributed by atoms with Gasteiger partial charge in [0.15, 0.2) is 0 Å². The van der Waals surface area contributed by atoms with Gasteiger partial charge in [-0.3, -0.25) is 0 Å². The zero-order valence-electron chi connectivity index (χ0n) is 10.1. The third-order valence-corrected chi connectivity index (χ3v) is 7.57. The molecule has 15 heavy (non-hydrogen) atoms. The van der Waals surface area contributed by atoms with E-state index in [-0.39, 0.29) is 5.04 Å². The van der Waals surface area contributed by atoms with E-state index in [1.807, 2.05) is 24.3 Å². The summed E-state index contributed by atoms with van der Waals surface area (Å²) < 4.78 is 6.10. The van der Waals surface area contributed by atoms with Gasteiger partial charge in [-0.05, 0) is 36.3 Å². The van der Waals surface area contributed by atoms with Crippen molar-refractivity contribution in [3.63, 3.8) is 0 Å². The number of hydrogen-bond donors (Lipinski definition) is 0. The summed E-state index contributed by atoms with van der Waals surface area (Å²) in [5.41, 5.74) is 0. The van der Waals surface area contributed by atoms with Gasteiger partial charge in [0.05, 0.1) is 0 Å². The van der Waals surface area contributed by atoms with Crippen molar-refractivity contribution < 1.29 is 4.43 Å². The maximum Gasteiger partial charge on any atom is 0.250 e. The number of benzene rings is 1. The Labute approximate surface area is 98.5 Å². The van der Waals surface area contributed by atoms with Crippen LogP contribution >= 0.6 is 11.6 Å². The number of hydrogen-bond acceptors (Lipinski definition) is 1. The number of halogens is 1. The first kappa shape index (κ1) is 12.6. The van der Waals surface area contributed by atoms with Gasteiger partial charge in [-0.15, -0.1) is 0 Å². The fraction of sp³-hybridized carbons (Fsp3) is 0.500. The van der Waals surface area contributed by atoms with Crippen LogP contribution in [0, 0.1) is 0 Å². The zero-order chi connectivity index (χ0) is 11.7. The van der Waals surface area contributed by atoms with Crippen LogP contribution in [0.5, 0.6) is 5.75 Å². The first-order valence-corrected chi connectivity index (χ1v) is 8.45. The molecule has 0 bridgehead atoms. The van der Waals surface area contributed by atoms with Crippen LogP contribution in [0.2, 0.25) is 23.2 Å². The van der Waals surface area contributed by atoms with Crippen molar-refractivity contribution >= 4 is 19.9 Å². The smallest absolute Gasteiger partial charge is 0.250 e. The molecule has 1 aromatic rings. The molecule has 0 spiro atoms. The topological polar surface area (TPSA) is 9.23 Å². The molecule has 1 nitrogen and oxygen atoms in total. The summed E-state index contributed by atoms with van der Waals surface area (Å²) in [6.45, 7) is 11.1. The Morgan fingerprint density at radius 2 is 1.80 bits per heavy atom. The molecule has 0 heterocycles. The van der Waals surface area contributed by atoms with Gasteiger partial charge in [0, 0.05) is 5.02 Å². The molecule has 0 unspecified atom stereocenters. The Morgan fingerprint density at radius 1 is 1.20 bits per heavy atom. The van der Waals surface area contributed by atoms with Crippen LogP contribution in [0.15, 0.2) is 24.3 Å². The molecule has 0 amide bonds. The maximum atomic E-state index is 6.10. The van der Waals surface area contributed by atoms with Gasteiger partial charge in [-0.25, -0.2) is 0 Å². The summed E-state index contributed by atoms with van der Waals surface area (Å²) >= 11 is 5.92. The quantitative estimate of drug-likeness (QED) is 0.682. The lowest BCUT2D eigenvalue weighted by Crippen LogP contribution is -2.43. The standard InChI is InChI=1S/C12H19ClOSi/c1-12(2,3)15(4,5)14-11-8-6-7-10(13)9-11/h6-9H,1-5H3. The molecule has 3 heteroatoms. The van der Waals surface area contributed by atoms with E-state index in [4.69, 9.17) is 16.0 Å². The maximum absolute atomic E-state index is 6.10. The predicted molar refractivity (Wildman–Crippen MR) is 69.3 cm³/mol. The molecule has 0 saturated carbocycles. The van der Waals surface area contributed by atoms with E-state index >= 15 is 0 Å². The highest BCUT2D eigenvalue weighted by Gasteiger charge is 2.38. The predicted octanol–water partition coefficient (Wildman–Crippen LogP) is 4.72. The van der Waals surface area contributed by atoms with Crippen molar-refractivity contribution in [3.05, 3.63) is 29.3 Å². The second-order valence-electron chi connectivity index (χ2n) is 5.32. The molecular formula is C12H19ClOSi. The average Bonchev–Trinajstić information content (AvgIpc) is 2.00. The summed E-state index contributed by atoms with van der Waals surface area (Å²) in [6.07, 6.45) is 0. The molecule has 0 aliphatic rings. The third kappa shape index (κ3) is 3.25. The normalized spacial score (nSPS) is 12.7. The summed E-state index contributed by atoms with van der Waals surface area (Å²) in [5, 5.41) is 0.946. The van der Waals surface area contributed by atoms with Crippen molar-refractivity contribution in [2.24, 2.45) is 0 Å². The van der Waals surface area contributed by atoms with E-state index in [0.717, 1.165) is 10.8 Å². The summed E-state index contributed by atoms with van der Waals surface area (Å²) in [6, 6.07) is 7.62.